The van der Waals surface area contributed by atoms with Crippen molar-refractivity contribution >= 4 is 80.8 Å². The van der Waals surface area contributed by atoms with Crippen LogP contribution in [0.1, 0.15) is 27.6 Å². The van der Waals surface area contributed by atoms with Gasteiger partial charge in [0.1, 0.15) is 11.6 Å². The smallest absolute Gasteiger partial charge is 0.182 e. The van der Waals surface area contributed by atoms with Crippen molar-refractivity contribution in [2.24, 2.45) is 0 Å². The number of alkyl halides is 1. The number of carbonyl (C=O) groups is 1. The lowest BCUT2D eigenvalue weighted by Gasteiger charge is -2.31. The Balaban J connectivity index is 0.00000361. The molecule has 1 aliphatic rings. The number of nitrogens with zero attached hydrogens (tertiary/aromatic N) is 2. The average Bonchev–Trinajstić information content (AvgIpc) is 3.30. The van der Waals surface area contributed by atoms with Gasteiger partial charge in [0.05, 0.1) is 19.8 Å². The summed E-state index contributed by atoms with van der Waals surface area (Å²) in [6.07, 6.45) is 3.20. The van der Waals surface area contributed by atoms with Crippen molar-refractivity contribution < 1.29 is 9.53 Å². The zero-order valence-electron chi connectivity index (χ0n) is 18.8. The molecule has 1 heterocycles. The van der Waals surface area contributed by atoms with Crippen molar-refractivity contribution in [3.63, 3.8) is 0 Å². The largest absolute Gasteiger partial charge is 0.365 e. The molecule has 190 valence electrons. The predicted molar refractivity (Wildman–Crippen MR) is 154 cm³/mol. The van der Waals surface area contributed by atoms with Crippen LogP contribution < -0.4 is 0 Å². The third-order valence-corrected chi connectivity index (χ3v) is 7.10. The molecule has 4 rings (SSSR count). The summed E-state index contributed by atoms with van der Waals surface area (Å²) < 4.78 is 6.27. The van der Waals surface area contributed by atoms with E-state index < -0.39 is 11.6 Å². The van der Waals surface area contributed by atoms with Gasteiger partial charge in [-0.05, 0) is 59.7 Å². The molecule has 0 bridgehead atoms. The van der Waals surface area contributed by atoms with Gasteiger partial charge in [-0.15, -0.1) is 17.0 Å². The quantitative estimate of drug-likeness (QED) is 0.132. The second-order valence-corrected chi connectivity index (χ2v) is 10.2. The SMILES string of the molecule is Br.O=C(CN1C=CN(C(Cl)C(OCc2ccc(Cl)cc2Cl)c2ccc(Cl)cc2)C1)c1ccc(Cl)cc1. The van der Waals surface area contributed by atoms with E-state index >= 15 is 0 Å². The van der Waals surface area contributed by atoms with Gasteiger partial charge in [-0.1, -0.05) is 76.2 Å². The molecule has 0 saturated heterocycles. The second-order valence-electron chi connectivity index (χ2n) is 8.02. The Labute approximate surface area is 246 Å². The van der Waals surface area contributed by atoms with Crippen molar-refractivity contribution in [1.29, 1.82) is 0 Å². The van der Waals surface area contributed by atoms with Crippen molar-refractivity contribution in [1.82, 2.24) is 9.80 Å². The van der Waals surface area contributed by atoms with Crippen molar-refractivity contribution in [3.05, 3.63) is 116 Å². The maximum absolute atomic E-state index is 12.7. The van der Waals surface area contributed by atoms with Crippen LogP contribution in [0.4, 0.5) is 0 Å². The van der Waals surface area contributed by atoms with Gasteiger partial charge in [-0.2, -0.15) is 0 Å². The number of hydrogen-bond acceptors (Lipinski definition) is 4. The summed E-state index contributed by atoms with van der Waals surface area (Å²) in [5.74, 6) is -0.0119. The number of carbonyl (C=O) groups excluding carboxylic acids is 1. The summed E-state index contributed by atoms with van der Waals surface area (Å²) in [6, 6.07) is 19.5. The average molecular weight is 652 g/mol. The van der Waals surface area contributed by atoms with Crippen LogP contribution in [0.3, 0.4) is 0 Å². The monoisotopic (exact) mass is 648 g/mol. The van der Waals surface area contributed by atoms with E-state index in [1.165, 1.54) is 0 Å². The van der Waals surface area contributed by atoms with E-state index in [1.807, 2.05) is 40.4 Å². The number of halogens is 6. The van der Waals surface area contributed by atoms with Crippen LogP contribution in [0.5, 0.6) is 0 Å². The molecule has 2 atom stereocenters. The molecular formula is C26H22BrCl5N2O2. The summed E-state index contributed by atoms with van der Waals surface area (Å²) >= 11 is 31.3. The highest BCUT2D eigenvalue weighted by atomic mass is 79.9. The van der Waals surface area contributed by atoms with E-state index in [-0.39, 0.29) is 35.9 Å². The molecule has 0 fully saturated rings. The fourth-order valence-electron chi connectivity index (χ4n) is 3.64. The number of ether oxygens (including phenoxy) is 1. The Morgan fingerprint density at radius 3 is 2.11 bits per heavy atom. The lowest BCUT2D eigenvalue weighted by atomic mass is 10.1. The summed E-state index contributed by atoms with van der Waals surface area (Å²) in [6.45, 7) is 0.885. The van der Waals surface area contributed by atoms with Crippen LogP contribution >= 0.6 is 75.0 Å². The first kappa shape index (κ1) is 29.1. The molecule has 4 nitrogen and oxygen atoms in total. The number of Topliss-reactive ketones (excluding diaryl/α,β-unsaturated/α-hetero) is 1. The van der Waals surface area contributed by atoms with E-state index in [9.17, 15) is 4.79 Å². The molecule has 0 N–H and O–H groups in total. The molecule has 0 aliphatic carbocycles. The molecule has 0 radical (unpaired) electrons. The van der Waals surface area contributed by atoms with Crippen molar-refractivity contribution in [2.45, 2.75) is 18.2 Å². The van der Waals surface area contributed by atoms with E-state index in [4.69, 9.17) is 62.7 Å². The van der Waals surface area contributed by atoms with Crippen molar-refractivity contribution in [2.75, 3.05) is 13.2 Å². The minimum absolute atomic E-state index is 0. The third-order valence-electron chi connectivity index (χ3n) is 5.53. The van der Waals surface area contributed by atoms with Gasteiger partial charge in [0.25, 0.3) is 0 Å². The number of ketones is 1. The predicted octanol–water partition coefficient (Wildman–Crippen LogP) is 8.63. The van der Waals surface area contributed by atoms with Crippen LogP contribution in [-0.2, 0) is 11.3 Å². The number of rotatable bonds is 9. The summed E-state index contributed by atoms with van der Waals surface area (Å²) in [7, 11) is 0. The van der Waals surface area contributed by atoms with Crippen molar-refractivity contribution in [3.8, 4) is 0 Å². The summed E-state index contributed by atoms with van der Waals surface area (Å²) in [5, 5.41) is 2.28. The molecule has 10 heteroatoms. The fourth-order valence-corrected chi connectivity index (χ4v) is 4.70. The van der Waals surface area contributed by atoms with Crippen LogP contribution in [0.15, 0.2) is 79.1 Å². The fraction of sp³-hybridized carbons (Fsp3) is 0.192. The Hall–Kier alpha value is -1.44. The topological polar surface area (TPSA) is 32.8 Å². The normalized spacial score (nSPS) is 14.5. The molecule has 3 aromatic carbocycles. The van der Waals surface area contributed by atoms with Crippen LogP contribution in [-0.4, -0.2) is 34.3 Å². The molecule has 0 spiro atoms. The first-order valence-electron chi connectivity index (χ1n) is 10.7. The lowest BCUT2D eigenvalue weighted by Crippen LogP contribution is -2.37. The lowest BCUT2D eigenvalue weighted by molar-refractivity contribution is 0.00699. The molecule has 1 aliphatic heterocycles. The highest BCUT2D eigenvalue weighted by Crippen LogP contribution is 2.33. The first-order chi connectivity index (χ1) is 16.8. The first-order valence-corrected chi connectivity index (χ1v) is 12.7. The zero-order valence-corrected chi connectivity index (χ0v) is 24.3. The third kappa shape index (κ3) is 7.55. The Kier molecular flexibility index (Phi) is 10.8. The van der Waals surface area contributed by atoms with Gasteiger partial charge < -0.3 is 14.5 Å². The van der Waals surface area contributed by atoms with E-state index in [2.05, 4.69) is 0 Å². The maximum Gasteiger partial charge on any atom is 0.182 e. The molecule has 0 aromatic heterocycles. The highest BCUT2D eigenvalue weighted by Gasteiger charge is 2.30. The number of hydrogen-bond donors (Lipinski definition) is 0. The minimum Gasteiger partial charge on any atom is -0.365 e. The highest BCUT2D eigenvalue weighted by molar-refractivity contribution is 8.93. The van der Waals surface area contributed by atoms with Crippen LogP contribution in [0.25, 0.3) is 0 Å². The van der Waals surface area contributed by atoms with Gasteiger partial charge in [0, 0.05) is 38.1 Å². The van der Waals surface area contributed by atoms with Gasteiger partial charge in [-0.3, -0.25) is 4.79 Å². The molecule has 36 heavy (non-hydrogen) atoms. The molecule has 0 saturated carbocycles. The second kappa shape index (κ2) is 13.4. The van der Waals surface area contributed by atoms with Gasteiger partial charge in [0.15, 0.2) is 5.78 Å². The molecule has 3 aromatic rings. The van der Waals surface area contributed by atoms with E-state index in [0.717, 1.165) is 11.1 Å². The maximum atomic E-state index is 12.7. The zero-order chi connectivity index (χ0) is 24.9. The van der Waals surface area contributed by atoms with Crippen LogP contribution in [0.2, 0.25) is 20.1 Å². The summed E-state index contributed by atoms with van der Waals surface area (Å²) in [5.41, 5.74) is 1.70. The van der Waals surface area contributed by atoms with Gasteiger partial charge >= 0.3 is 0 Å². The Bertz CT molecular complexity index is 1210. The van der Waals surface area contributed by atoms with E-state index in [1.54, 1.807) is 48.5 Å². The Morgan fingerprint density at radius 2 is 1.47 bits per heavy atom. The van der Waals surface area contributed by atoms with E-state index in [0.29, 0.717) is 32.3 Å². The summed E-state index contributed by atoms with van der Waals surface area (Å²) in [4.78, 5) is 16.5. The standard InChI is InChI=1S/C26H21Cl5N2O2.BrH/c27-20-6-1-17(2-7-20)24(34)14-32-11-12-33(16-32)26(31)25(18-3-8-21(28)9-4-18)35-15-19-5-10-22(29)13-23(19)30;/h1-13,25-26H,14-16H2;1H. The molecule has 2 unspecified atom stereocenters. The van der Waals surface area contributed by atoms with Gasteiger partial charge in [0.2, 0.25) is 0 Å². The number of benzene rings is 3. The van der Waals surface area contributed by atoms with Gasteiger partial charge in [-0.25, -0.2) is 0 Å². The van der Waals surface area contributed by atoms with Crippen LogP contribution in [0, 0.1) is 0 Å². The minimum atomic E-state index is -0.561. The Morgan fingerprint density at radius 1 is 0.861 bits per heavy atom. The molecular weight excluding hydrogens is 629 g/mol. The molecule has 0 amide bonds.